The molecule has 2 aliphatic rings. The van der Waals surface area contributed by atoms with Gasteiger partial charge in [-0.1, -0.05) is 24.1 Å². The zero-order valence-corrected chi connectivity index (χ0v) is 22.2. The zero-order valence-electron chi connectivity index (χ0n) is 22.2. The number of piperidine rings is 1. The number of carbonyl (C=O) groups excluding carboxylic acids is 2. The number of nitrogens with zero attached hydrogens (tertiary/aromatic N) is 1. The number of amides is 1. The molecule has 2 fully saturated rings. The summed E-state index contributed by atoms with van der Waals surface area (Å²) < 4.78 is 43.8. The minimum Gasteiger partial charge on any atom is -0.462 e. The summed E-state index contributed by atoms with van der Waals surface area (Å²) in [6.45, 7) is 5.44. The number of halogens is 3. The maximum atomic E-state index is 13.1. The number of rotatable bonds is 8. The molecule has 0 unspecified atom stereocenters. The molecule has 2 atom stereocenters. The average Bonchev–Trinajstić information content (AvgIpc) is 3.34. The summed E-state index contributed by atoms with van der Waals surface area (Å²) in [4.78, 5) is 27.6. The minimum absolute atomic E-state index is 0.0803. The van der Waals surface area contributed by atoms with Crippen LogP contribution in [0.25, 0.3) is 0 Å². The Morgan fingerprint density at radius 1 is 1.03 bits per heavy atom. The summed E-state index contributed by atoms with van der Waals surface area (Å²) in [5, 5.41) is 3.31. The first-order valence-corrected chi connectivity index (χ1v) is 13.6. The summed E-state index contributed by atoms with van der Waals surface area (Å²) >= 11 is 0. The number of alkyl halides is 3. The van der Waals surface area contributed by atoms with Crippen LogP contribution < -0.4 is 10.2 Å². The van der Waals surface area contributed by atoms with Gasteiger partial charge in [0.05, 0.1) is 17.7 Å². The van der Waals surface area contributed by atoms with E-state index in [1.807, 2.05) is 24.0 Å². The summed E-state index contributed by atoms with van der Waals surface area (Å²) in [5.74, 6) is 0.0639. The van der Waals surface area contributed by atoms with E-state index in [0.29, 0.717) is 44.0 Å². The lowest BCUT2D eigenvalue weighted by Gasteiger charge is -2.34. The maximum Gasteiger partial charge on any atom is 0.416 e. The Morgan fingerprint density at radius 3 is 2.39 bits per heavy atom. The van der Waals surface area contributed by atoms with E-state index < -0.39 is 11.7 Å². The molecule has 0 bridgehead atoms. The Kier molecular flexibility index (Phi) is 9.00. The third kappa shape index (κ3) is 6.88. The van der Waals surface area contributed by atoms with Gasteiger partial charge >= 0.3 is 12.1 Å². The number of ether oxygens (including phenoxy) is 1. The molecule has 8 heteroatoms. The van der Waals surface area contributed by atoms with Crippen molar-refractivity contribution in [1.82, 2.24) is 5.32 Å². The molecule has 1 N–H and O–H groups in total. The standard InChI is InChI=1S/C30H37F3N2O3/c1-3-38-29(37)26-14-7-20(2)19-23(26)9-8-21-5-4-6-27(21)34-28(36)22-15-17-35(18-16-22)25-12-10-24(11-13-25)30(31,32)33/h7,10-14,19,21-22,27H,3-6,8-9,15-18H2,1-2H3,(H,34,36)/t21-,27-/m0/s1. The van der Waals surface area contributed by atoms with E-state index in [1.54, 1.807) is 6.92 Å². The van der Waals surface area contributed by atoms with Gasteiger partial charge in [0.1, 0.15) is 0 Å². The molecule has 1 amide bonds. The molecule has 1 saturated heterocycles. The number of hydrogen-bond acceptors (Lipinski definition) is 4. The van der Waals surface area contributed by atoms with Gasteiger partial charge in [-0.05, 0) is 94.2 Å². The van der Waals surface area contributed by atoms with Crippen LogP contribution in [0, 0.1) is 18.8 Å². The second-order valence-corrected chi connectivity index (χ2v) is 10.5. The summed E-state index contributed by atoms with van der Waals surface area (Å²) in [6, 6.07) is 11.2. The van der Waals surface area contributed by atoms with Crippen molar-refractivity contribution in [3.05, 3.63) is 64.7 Å². The van der Waals surface area contributed by atoms with Gasteiger partial charge in [-0.15, -0.1) is 0 Å². The first-order chi connectivity index (χ1) is 18.2. The Morgan fingerprint density at radius 2 is 1.74 bits per heavy atom. The highest BCUT2D eigenvalue weighted by Crippen LogP contribution is 2.33. The van der Waals surface area contributed by atoms with E-state index >= 15 is 0 Å². The Hall–Kier alpha value is -3.03. The molecule has 0 radical (unpaired) electrons. The summed E-state index contributed by atoms with van der Waals surface area (Å²) in [5.41, 5.74) is 2.83. The summed E-state index contributed by atoms with van der Waals surface area (Å²) in [7, 11) is 0. The van der Waals surface area contributed by atoms with Crippen LogP contribution in [0.1, 0.15) is 72.5 Å². The molecule has 38 heavy (non-hydrogen) atoms. The largest absolute Gasteiger partial charge is 0.462 e. The maximum absolute atomic E-state index is 13.1. The van der Waals surface area contributed by atoms with E-state index in [-0.39, 0.29) is 23.8 Å². The molecule has 2 aromatic carbocycles. The molecule has 0 spiro atoms. The second-order valence-electron chi connectivity index (χ2n) is 10.5. The van der Waals surface area contributed by atoms with Crippen LogP contribution >= 0.6 is 0 Å². The number of nitrogens with one attached hydrogen (secondary N) is 1. The quantitative estimate of drug-likeness (QED) is 0.406. The Bertz CT molecular complexity index is 1110. The van der Waals surface area contributed by atoms with Crippen molar-refractivity contribution in [3.8, 4) is 0 Å². The van der Waals surface area contributed by atoms with Gasteiger partial charge in [0, 0.05) is 30.7 Å². The number of anilines is 1. The molecule has 5 nitrogen and oxygen atoms in total. The van der Waals surface area contributed by atoms with E-state index in [1.165, 1.54) is 12.1 Å². The van der Waals surface area contributed by atoms with Crippen molar-refractivity contribution >= 4 is 17.6 Å². The fourth-order valence-electron chi connectivity index (χ4n) is 5.81. The smallest absolute Gasteiger partial charge is 0.416 e. The highest BCUT2D eigenvalue weighted by Gasteiger charge is 2.33. The molecular formula is C30H37F3N2O3. The van der Waals surface area contributed by atoms with Gasteiger partial charge in [0.15, 0.2) is 0 Å². The van der Waals surface area contributed by atoms with Crippen molar-refractivity contribution in [2.45, 2.75) is 71.0 Å². The predicted octanol–water partition coefficient (Wildman–Crippen LogP) is 6.32. The fourth-order valence-corrected chi connectivity index (χ4v) is 5.81. The zero-order chi connectivity index (χ0) is 27.3. The van der Waals surface area contributed by atoms with Gasteiger partial charge < -0.3 is 15.0 Å². The molecule has 0 aromatic heterocycles. The highest BCUT2D eigenvalue weighted by molar-refractivity contribution is 5.91. The first kappa shape index (κ1) is 28.0. The van der Waals surface area contributed by atoms with Gasteiger partial charge in [-0.25, -0.2) is 4.79 Å². The van der Waals surface area contributed by atoms with Crippen LogP contribution in [-0.2, 0) is 22.1 Å². The number of aryl methyl sites for hydroxylation is 2. The van der Waals surface area contributed by atoms with E-state index in [4.69, 9.17) is 4.74 Å². The Labute approximate surface area is 222 Å². The van der Waals surface area contributed by atoms with Crippen molar-refractivity contribution in [1.29, 1.82) is 0 Å². The molecular weight excluding hydrogens is 493 g/mol. The van der Waals surface area contributed by atoms with Crippen LogP contribution in [0.15, 0.2) is 42.5 Å². The van der Waals surface area contributed by atoms with Gasteiger partial charge in [-0.3, -0.25) is 4.79 Å². The van der Waals surface area contributed by atoms with Crippen LogP contribution in [0.2, 0.25) is 0 Å². The molecule has 4 rings (SSSR count). The lowest BCUT2D eigenvalue weighted by atomic mass is 9.91. The van der Waals surface area contributed by atoms with E-state index in [9.17, 15) is 22.8 Å². The van der Waals surface area contributed by atoms with Crippen molar-refractivity contribution in [2.24, 2.45) is 11.8 Å². The Balaban J connectivity index is 1.29. The van der Waals surface area contributed by atoms with Crippen LogP contribution in [0.3, 0.4) is 0 Å². The van der Waals surface area contributed by atoms with Crippen LogP contribution in [-0.4, -0.2) is 37.6 Å². The second kappa shape index (κ2) is 12.2. The average molecular weight is 531 g/mol. The lowest BCUT2D eigenvalue weighted by molar-refractivity contribution is -0.137. The van der Waals surface area contributed by atoms with Crippen molar-refractivity contribution in [3.63, 3.8) is 0 Å². The van der Waals surface area contributed by atoms with Crippen LogP contribution in [0.5, 0.6) is 0 Å². The minimum atomic E-state index is -4.34. The molecule has 1 aliphatic heterocycles. The predicted molar refractivity (Wildman–Crippen MR) is 141 cm³/mol. The number of benzene rings is 2. The molecule has 1 saturated carbocycles. The summed E-state index contributed by atoms with van der Waals surface area (Å²) in [6.07, 6.45) is 1.75. The number of hydrogen-bond donors (Lipinski definition) is 1. The number of carbonyl (C=O) groups is 2. The van der Waals surface area contributed by atoms with E-state index in [0.717, 1.165) is 61.1 Å². The topological polar surface area (TPSA) is 58.6 Å². The van der Waals surface area contributed by atoms with Gasteiger partial charge in [0.2, 0.25) is 5.91 Å². The molecule has 1 heterocycles. The monoisotopic (exact) mass is 530 g/mol. The van der Waals surface area contributed by atoms with Crippen molar-refractivity contribution < 1.29 is 27.5 Å². The molecule has 2 aromatic rings. The van der Waals surface area contributed by atoms with Crippen LogP contribution in [0.4, 0.5) is 18.9 Å². The van der Waals surface area contributed by atoms with Gasteiger partial charge in [0.25, 0.3) is 0 Å². The molecule has 1 aliphatic carbocycles. The highest BCUT2D eigenvalue weighted by atomic mass is 19.4. The van der Waals surface area contributed by atoms with Gasteiger partial charge in [-0.2, -0.15) is 13.2 Å². The lowest BCUT2D eigenvalue weighted by Crippen LogP contribution is -2.45. The SMILES string of the molecule is CCOC(=O)c1ccc(C)cc1CC[C@@H]1CCC[C@@H]1NC(=O)C1CCN(c2ccc(C(F)(F)F)cc2)CC1. The third-order valence-electron chi connectivity index (χ3n) is 7.95. The first-order valence-electron chi connectivity index (χ1n) is 13.6. The third-order valence-corrected chi connectivity index (χ3v) is 7.95. The normalized spacial score (nSPS) is 20.4. The number of esters is 1. The molecule has 206 valence electrons. The fraction of sp³-hybridized carbons (Fsp3) is 0.533. The van der Waals surface area contributed by atoms with Crippen molar-refractivity contribution in [2.75, 3.05) is 24.6 Å². The van der Waals surface area contributed by atoms with E-state index in [2.05, 4.69) is 11.4 Å².